The molecule has 1 amide bonds. The topological polar surface area (TPSA) is 29.1 Å². The lowest BCUT2D eigenvalue weighted by Gasteiger charge is -2.02. The molecule has 100 valence electrons. The first-order chi connectivity index (χ1) is 9.54. The largest absolute Gasteiger partial charge is 0.321 e. The Morgan fingerprint density at radius 2 is 1.75 bits per heavy atom. The van der Waals surface area contributed by atoms with E-state index in [-0.39, 0.29) is 5.91 Å². The first-order valence-corrected chi connectivity index (χ1v) is 7.66. The molecule has 1 aliphatic heterocycles. The van der Waals surface area contributed by atoms with Gasteiger partial charge < -0.3 is 5.32 Å². The summed E-state index contributed by atoms with van der Waals surface area (Å²) in [5, 5.41) is 4.06. The normalized spacial score (nSPS) is 15.3. The van der Waals surface area contributed by atoms with Crippen LogP contribution in [0.1, 0.15) is 11.1 Å². The Balaban J connectivity index is 2.13. The van der Waals surface area contributed by atoms with Crippen LogP contribution in [-0.2, 0) is 4.79 Å². The molecule has 2 nitrogen and oxygen atoms in total. The molecule has 0 aromatic heterocycles. The quantitative estimate of drug-likeness (QED) is 0.510. The second kappa shape index (κ2) is 5.39. The van der Waals surface area contributed by atoms with E-state index in [0.717, 1.165) is 20.4 Å². The van der Waals surface area contributed by atoms with E-state index in [1.54, 1.807) is 12.1 Å². The number of hydrogen-bond acceptors (Lipinski definition) is 1. The fraction of sp³-hybridized carbons (Fsp3) is 0. The summed E-state index contributed by atoms with van der Waals surface area (Å²) < 4.78 is 1.04. The van der Waals surface area contributed by atoms with E-state index in [1.165, 1.54) is 0 Å². The zero-order chi connectivity index (χ0) is 14.3. The Bertz CT molecular complexity index is 756. The van der Waals surface area contributed by atoms with E-state index in [1.807, 2.05) is 30.3 Å². The summed E-state index contributed by atoms with van der Waals surface area (Å²) in [7, 11) is 0. The van der Waals surface area contributed by atoms with Crippen LogP contribution in [0.2, 0.25) is 10.0 Å². The highest BCUT2D eigenvalue weighted by Gasteiger charge is 2.24. The van der Waals surface area contributed by atoms with Crippen LogP contribution in [-0.4, -0.2) is 5.91 Å². The van der Waals surface area contributed by atoms with E-state index in [0.29, 0.717) is 15.6 Å². The molecule has 0 spiro atoms. The number of fused-ring (bicyclic) bond motifs is 1. The summed E-state index contributed by atoms with van der Waals surface area (Å²) >= 11 is 14.2. The molecule has 0 atom stereocenters. The summed E-state index contributed by atoms with van der Waals surface area (Å²) in [6, 6.07) is 11.0. The number of anilines is 1. The van der Waals surface area contributed by atoms with Gasteiger partial charge in [-0.1, -0.05) is 29.3 Å². The van der Waals surface area contributed by atoms with Gasteiger partial charge in [0.1, 0.15) is 0 Å². The van der Waals surface area contributed by atoms with E-state index in [2.05, 4.69) is 27.9 Å². The Hall–Kier alpha value is -1.04. The van der Waals surface area contributed by atoms with Crippen LogP contribution in [0.5, 0.6) is 0 Å². The average Bonchev–Trinajstić information content (AvgIpc) is 2.69. The standard InChI is InChI=1S/C15H8Cl2INO/c16-9-2-4-13(18)8(5-9)6-12-11-3-1-10(17)7-14(11)19-15(12)20/h1-7H,(H,19,20)/b12-6+. The molecule has 1 aliphatic rings. The van der Waals surface area contributed by atoms with Gasteiger partial charge in [-0.2, -0.15) is 0 Å². The van der Waals surface area contributed by atoms with Crippen LogP contribution in [0, 0.1) is 3.57 Å². The molecule has 2 aromatic rings. The molecule has 1 heterocycles. The van der Waals surface area contributed by atoms with Gasteiger partial charge in [-0.3, -0.25) is 4.79 Å². The third-order valence-corrected chi connectivity index (χ3v) is 4.48. The molecule has 0 radical (unpaired) electrons. The maximum absolute atomic E-state index is 12.1. The number of halogens is 3. The SMILES string of the molecule is O=C1Nc2cc(Cl)ccc2/C1=C\c1cc(Cl)ccc1I. The van der Waals surface area contributed by atoms with Crippen molar-refractivity contribution in [1.29, 1.82) is 0 Å². The molecule has 3 rings (SSSR count). The zero-order valence-electron chi connectivity index (χ0n) is 10.1. The molecule has 2 aromatic carbocycles. The molecular weight excluding hydrogens is 408 g/mol. The average molecular weight is 416 g/mol. The molecule has 1 N–H and O–H groups in total. The van der Waals surface area contributed by atoms with Crippen LogP contribution in [0.15, 0.2) is 36.4 Å². The monoisotopic (exact) mass is 415 g/mol. The molecule has 0 fully saturated rings. The van der Waals surface area contributed by atoms with Crippen molar-refractivity contribution in [2.45, 2.75) is 0 Å². The van der Waals surface area contributed by atoms with Crippen LogP contribution in [0.4, 0.5) is 5.69 Å². The van der Waals surface area contributed by atoms with Gasteiger partial charge in [0.05, 0.1) is 5.69 Å². The van der Waals surface area contributed by atoms with Crippen molar-refractivity contribution in [1.82, 2.24) is 0 Å². The van der Waals surface area contributed by atoms with Gasteiger partial charge >= 0.3 is 0 Å². The van der Waals surface area contributed by atoms with E-state index < -0.39 is 0 Å². The van der Waals surface area contributed by atoms with E-state index in [4.69, 9.17) is 23.2 Å². The van der Waals surface area contributed by atoms with Crippen LogP contribution in [0.25, 0.3) is 11.6 Å². The number of benzene rings is 2. The van der Waals surface area contributed by atoms with E-state index in [9.17, 15) is 4.79 Å². The summed E-state index contributed by atoms with van der Waals surface area (Å²) in [6.45, 7) is 0. The number of nitrogens with one attached hydrogen (secondary N) is 1. The molecule has 5 heteroatoms. The van der Waals surface area contributed by atoms with Gasteiger partial charge in [0.25, 0.3) is 5.91 Å². The minimum Gasteiger partial charge on any atom is -0.321 e. The highest BCUT2D eigenvalue weighted by atomic mass is 127. The van der Waals surface area contributed by atoms with E-state index >= 15 is 0 Å². The minimum atomic E-state index is -0.127. The number of carbonyl (C=O) groups is 1. The lowest BCUT2D eigenvalue weighted by Crippen LogP contribution is -2.03. The maximum Gasteiger partial charge on any atom is 0.256 e. The van der Waals surface area contributed by atoms with Crippen LogP contribution in [0.3, 0.4) is 0 Å². The predicted octanol–water partition coefficient (Wildman–Crippen LogP) is 5.09. The van der Waals surface area contributed by atoms with Gasteiger partial charge in [0.2, 0.25) is 0 Å². The molecule has 0 saturated heterocycles. The van der Waals surface area contributed by atoms with Crippen molar-refractivity contribution in [3.63, 3.8) is 0 Å². The maximum atomic E-state index is 12.1. The number of carbonyl (C=O) groups excluding carboxylic acids is 1. The first kappa shape index (κ1) is 13.9. The predicted molar refractivity (Wildman–Crippen MR) is 92.1 cm³/mol. The Morgan fingerprint density at radius 3 is 2.55 bits per heavy atom. The van der Waals surface area contributed by atoms with Gasteiger partial charge in [-0.15, -0.1) is 0 Å². The summed E-state index contributed by atoms with van der Waals surface area (Å²) in [5.74, 6) is -0.127. The Labute approximate surface area is 139 Å². The Morgan fingerprint density at radius 1 is 1.05 bits per heavy atom. The van der Waals surface area contributed by atoms with Crippen molar-refractivity contribution < 1.29 is 4.79 Å². The third kappa shape index (κ3) is 2.57. The highest BCUT2D eigenvalue weighted by Crippen LogP contribution is 2.35. The first-order valence-electron chi connectivity index (χ1n) is 5.82. The fourth-order valence-electron chi connectivity index (χ4n) is 2.09. The lowest BCUT2D eigenvalue weighted by atomic mass is 10.0. The molecule has 0 bridgehead atoms. The summed E-state index contributed by atoms with van der Waals surface area (Å²) in [4.78, 5) is 12.1. The summed E-state index contributed by atoms with van der Waals surface area (Å²) in [5.41, 5.74) is 3.14. The van der Waals surface area contributed by atoms with Gasteiger partial charge in [0, 0.05) is 24.8 Å². The summed E-state index contributed by atoms with van der Waals surface area (Å²) in [6.07, 6.45) is 1.85. The number of rotatable bonds is 1. The molecule has 0 saturated carbocycles. The van der Waals surface area contributed by atoms with Crippen molar-refractivity contribution in [3.05, 3.63) is 61.1 Å². The molecule has 0 aliphatic carbocycles. The zero-order valence-corrected chi connectivity index (χ0v) is 13.8. The number of hydrogen-bond donors (Lipinski definition) is 1. The molecule has 20 heavy (non-hydrogen) atoms. The Kier molecular flexibility index (Phi) is 3.75. The lowest BCUT2D eigenvalue weighted by molar-refractivity contribution is -0.110. The fourth-order valence-corrected chi connectivity index (χ4v) is 2.93. The smallest absolute Gasteiger partial charge is 0.256 e. The second-order valence-corrected chi connectivity index (χ2v) is 6.40. The van der Waals surface area contributed by atoms with Crippen molar-refractivity contribution in [2.75, 3.05) is 5.32 Å². The second-order valence-electron chi connectivity index (χ2n) is 4.37. The minimum absolute atomic E-state index is 0.127. The number of amides is 1. The molecule has 0 unspecified atom stereocenters. The van der Waals surface area contributed by atoms with Crippen molar-refractivity contribution >= 4 is 69.0 Å². The third-order valence-electron chi connectivity index (χ3n) is 3.02. The van der Waals surface area contributed by atoms with Crippen LogP contribution < -0.4 is 5.32 Å². The van der Waals surface area contributed by atoms with Crippen molar-refractivity contribution in [3.8, 4) is 0 Å². The molecular formula is C15H8Cl2INO. The van der Waals surface area contributed by atoms with Crippen molar-refractivity contribution in [2.24, 2.45) is 0 Å². The van der Waals surface area contributed by atoms with Gasteiger partial charge in [-0.05, 0) is 64.6 Å². The highest BCUT2D eigenvalue weighted by molar-refractivity contribution is 14.1. The van der Waals surface area contributed by atoms with Gasteiger partial charge in [0.15, 0.2) is 0 Å². The van der Waals surface area contributed by atoms with Crippen LogP contribution >= 0.6 is 45.8 Å². The van der Waals surface area contributed by atoms with Gasteiger partial charge in [-0.25, -0.2) is 0 Å².